The van der Waals surface area contributed by atoms with E-state index in [0.29, 0.717) is 27.5 Å². The van der Waals surface area contributed by atoms with Gasteiger partial charge in [0.2, 0.25) is 5.91 Å². The van der Waals surface area contributed by atoms with Crippen molar-refractivity contribution in [3.05, 3.63) is 94.5 Å². The Morgan fingerprint density at radius 3 is 2.53 bits per heavy atom. The Labute approximate surface area is 201 Å². The summed E-state index contributed by atoms with van der Waals surface area (Å²) in [6.45, 7) is 1.35. The molecular formula is C24H20ClN3O5S. The van der Waals surface area contributed by atoms with Crippen LogP contribution in [0.4, 0.5) is 5.69 Å². The number of rotatable bonds is 6. The van der Waals surface area contributed by atoms with Gasteiger partial charge in [-0.2, -0.15) is 17.9 Å². The summed E-state index contributed by atoms with van der Waals surface area (Å²) in [6, 6.07) is 19.6. The molecule has 174 valence electrons. The molecule has 1 N–H and O–H groups in total. The molecule has 34 heavy (non-hydrogen) atoms. The van der Waals surface area contributed by atoms with Gasteiger partial charge >= 0.3 is 5.97 Å². The second kappa shape index (κ2) is 9.66. The van der Waals surface area contributed by atoms with Crippen molar-refractivity contribution in [1.82, 2.24) is 4.41 Å². The first kappa shape index (κ1) is 23.5. The van der Waals surface area contributed by atoms with Crippen LogP contribution in [0.3, 0.4) is 0 Å². The Kier molecular flexibility index (Phi) is 6.67. The SMILES string of the molecule is CCOC(=O)c1cccc(NC(=O)CN2N=C(c3ccccc3)c3cc(Cl)ccc3S2(=O)=O)c1. The Bertz CT molecular complexity index is 1390. The summed E-state index contributed by atoms with van der Waals surface area (Å²) in [5.41, 5.74) is 2.00. The Morgan fingerprint density at radius 1 is 1.03 bits per heavy atom. The van der Waals surface area contributed by atoms with Crippen LogP contribution in [0.1, 0.15) is 28.4 Å². The van der Waals surface area contributed by atoms with Gasteiger partial charge in [-0.1, -0.05) is 48.0 Å². The Morgan fingerprint density at radius 2 is 1.79 bits per heavy atom. The number of benzene rings is 3. The highest BCUT2D eigenvalue weighted by Crippen LogP contribution is 2.31. The first-order chi connectivity index (χ1) is 16.3. The molecular weight excluding hydrogens is 478 g/mol. The highest BCUT2D eigenvalue weighted by molar-refractivity contribution is 7.89. The Hall–Kier alpha value is -3.69. The molecule has 3 aromatic rings. The first-order valence-corrected chi connectivity index (χ1v) is 12.1. The van der Waals surface area contributed by atoms with E-state index in [9.17, 15) is 18.0 Å². The summed E-state index contributed by atoms with van der Waals surface area (Å²) in [5, 5.41) is 7.28. The largest absolute Gasteiger partial charge is 0.462 e. The molecule has 10 heteroatoms. The van der Waals surface area contributed by atoms with Crippen LogP contribution in [0, 0.1) is 0 Å². The monoisotopic (exact) mass is 497 g/mol. The highest BCUT2D eigenvalue weighted by Gasteiger charge is 2.34. The summed E-state index contributed by atoms with van der Waals surface area (Å²) in [6.07, 6.45) is 0. The highest BCUT2D eigenvalue weighted by atomic mass is 35.5. The lowest BCUT2D eigenvalue weighted by Crippen LogP contribution is -2.38. The minimum Gasteiger partial charge on any atom is -0.462 e. The standard InChI is InChI=1S/C24H20ClN3O5S/c1-2-33-24(30)17-9-6-10-19(13-17)26-22(29)15-28-27-23(16-7-4-3-5-8-16)20-14-18(25)11-12-21(20)34(28,31)32/h3-14H,2,15H2,1H3,(H,26,29). The van der Waals surface area contributed by atoms with Gasteiger partial charge < -0.3 is 10.1 Å². The molecule has 0 unspecified atom stereocenters. The van der Waals surface area contributed by atoms with E-state index in [-0.39, 0.29) is 17.1 Å². The third-order valence-electron chi connectivity index (χ3n) is 4.95. The van der Waals surface area contributed by atoms with Gasteiger partial charge in [0.15, 0.2) is 0 Å². The lowest BCUT2D eigenvalue weighted by molar-refractivity contribution is -0.116. The number of carbonyl (C=O) groups excluding carboxylic acids is 2. The minimum absolute atomic E-state index is 0.00265. The zero-order chi connectivity index (χ0) is 24.3. The van der Waals surface area contributed by atoms with Gasteiger partial charge in [0.1, 0.15) is 12.3 Å². The predicted molar refractivity (Wildman–Crippen MR) is 128 cm³/mol. The van der Waals surface area contributed by atoms with E-state index >= 15 is 0 Å². The van der Waals surface area contributed by atoms with Gasteiger partial charge in [0.25, 0.3) is 10.0 Å². The van der Waals surface area contributed by atoms with Crippen molar-refractivity contribution in [2.45, 2.75) is 11.8 Å². The number of hydrogen-bond acceptors (Lipinski definition) is 6. The fourth-order valence-electron chi connectivity index (χ4n) is 3.44. The smallest absolute Gasteiger partial charge is 0.338 e. The van der Waals surface area contributed by atoms with Crippen LogP contribution in [0.25, 0.3) is 0 Å². The third kappa shape index (κ3) is 4.80. The zero-order valence-electron chi connectivity index (χ0n) is 18.1. The molecule has 1 aliphatic heterocycles. The van der Waals surface area contributed by atoms with Crippen molar-refractivity contribution in [2.75, 3.05) is 18.5 Å². The number of nitrogens with one attached hydrogen (secondary N) is 1. The number of anilines is 1. The Balaban J connectivity index is 1.64. The molecule has 0 atom stereocenters. The van der Waals surface area contributed by atoms with Crippen LogP contribution in [-0.4, -0.2) is 43.6 Å². The number of hydrogen-bond donors (Lipinski definition) is 1. The zero-order valence-corrected chi connectivity index (χ0v) is 19.6. The van der Waals surface area contributed by atoms with E-state index in [1.165, 1.54) is 18.2 Å². The van der Waals surface area contributed by atoms with Crippen molar-refractivity contribution in [1.29, 1.82) is 0 Å². The molecule has 3 aromatic carbocycles. The number of carbonyl (C=O) groups is 2. The molecule has 0 fully saturated rings. The number of esters is 1. The van der Waals surface area contributed by atoms with Crippen LogP contribution < -0.4 is 5.32 Å². The second-order valence-corrected chi connectivity index (χ2v) is 9.54. The molecule has 0 saturated carbocycles. The average molecular weight is 498 g/mol. The van der Waals surface area contributed by atoms with E-state index in [2.05, 4.69) is 10.4 Å². The van der Waals surface area contributed by atoms with Gasteiger partial charge in [-0.05, 0) is 43.3 Å². The van der Waals surface area contributed by atoms with Gasteiger partial charge in [-0.25, -0.2) is 4.79 Å². The summed E-state index contributed by atoms with van der Waals surface area (Å²) < 4.78 is 32.2. The number of hydrazone groups is 1. The molecule has 1 heterocycles. The molecule has 8 nitrogen and oxygen atoms in total. The summed E-state index contributed by atoms with van der Waals surface area (Å²) in [7, 11) is -4.10. The minimum atomic E-state index is -4.10. The number of fused-ring (bicyclic) bond motifs is 1. The molecule has 0 aliphatic carbocycles. The fourth-order valence-corrected chi connectivity index (χ4v) is 4.99. The van der Waals surface area contributed by atoms with Gasteiger partial charge in [-0.15, -0.1) is 0 Å². The summed E-state index contributed by atoms with van der Waals surface area (Å²) in [5.74, 6) is -1.15. The lowest BCUT2D eigenvalue weighted by Gasteiger charge is -2.27. The number of ether oxygens (including phenoxy) is 1. The maximum Gasteiger partial charge on any atom is 0.338 e. The molecule has 0 spiro atoms. The van der Waals surface area contributed by atoms with Gasteiger partial charge in [0, 0.05) is 21.8 Å². The molecule has 1 aliphatic rings. The number of halogens is 1. The van der Waals surface area contributed by atoms with Gasteiger partial charge in [-0.3, -0.25) is 4.79 Å². The van der Waals surface area contributed by atoms with E-state index in [4.69, 9.17) is 16.3 Å². The third-order valence-corrected chi connectivity index (χ3v) is 6.86. The van der Waals surface area contributed by atoms with E-state index in [0.717, 1.165) is 4.41 Å². The number of sulfonamides is 1. The van der Waals surface area contributed by atoms with Crippen molar-refractivity contribution in [3.8, 4) is 0 Å². The topological polar surface area (TPSA) is 105 Å². The maximum absolute atomic E-state index is 13.2. The van der Waals surface area contributed by atoms with Gasteiger partial charge in [0.05, 0.1) is 17.1 Å². The van der Waals surface area contributed by atoms with Crippen molar-refractivity contribution in [2.24, 2.45) is 5.10 Å². The van der Waals surface area contributed by atoms with E-state index in [1.54, 1.807) is 55.5 Å². The number of amides is 1. The molecule has 0 radical (unpaired) electrons. The number of nitrogens with zero attached hydrogens (tertiary/aromatic N) is 2. The van der Waals surface area contributed by atoms with Crippen LogP contribution in [0.5, 0.6) is 0 Å². The van der Waals surface area contributed by atoms with Crippen LogP contribution in [0.2, 0.25) is 5.02 Å². The first-order valence-electron chi connectivity index (χ1n) is 10.3. The van der Waals surface area contributed by atoms with Crippen molar-refractivity contribution < 1.29 is 22.7 Å². The fraction of sp³-hybridized carbons (Fsp3) is 0.125. The van der Waals surface area contributed by atoms with Crippen molar-refractivity contribution in [3.63, 3.8) is 0 Å². The quantitative estimate of drug-likeness (QED) is 0.520. The maximum atomic E-state index is 13.2. The average Bonchev–Trinajstić information content (AvgIpc) is 2.81. The van der Waals surface area contributed by atoms with Crippen LogP contribution in [-0.2, 0) is 19.6 Å². The van der Waals surface area contributed by atoms with E-state index in [1.807, 2.05) is 6.07 Å². The molecule has 0 aromatic heterocycles. The molecule has 1 amide bonds. The second-order valence-electron chi connectivity index (χ2n) is 7.29. The van der Waals surface area contributed by atoms with Crippen LogP contribution >= 0.6 is 11.6 Å². The molecule has 0 bridgehead atoms. The van der Waals surface area contributed by atoms with Crippen molar-refractivity contribution >= 4 is 44.9 Å². The van der Waals surface area contributed by atoms with E-state index < -0.39 is 28.4 Å². The van der Waals surface area contributed by atoms with Crippen LogP contribution in [0.15, 0.2) is 82.8 Å². The summed E-state index contributed by atoms with van der Waals surface area (Å²) >= 11 is 6.13. The molecule has 4 rings (SSSR count). The predicted octanol–water partition coefficient (Wildman–Crippen LogP) is 3.91. The molecule has 0 saturated heterocycles. The normalized spacial score (nSPS) is 14.1. The summed E-state index contributed by atoms with van der Waals surface area (Å²) in [4.78, 5) is 24.7. The lowest BCUT2D eigenvalue weighted by atomic mass is 10.0.